The largest absolute Gasteiger partial charge is 0.342 e. The lowest BCUT2D eigenvalue weighted by Gasteiger charge is -2.19. The lowest BCUT2D eigenvalue weighted by molar-refractivity contribution is 0.912. The van der Waals surface area contributed by atoms with Crippen molar-refractivity contribution in [1.82, 2.24) is 4.57 Å². The maximum Gasteiger partial charge on any atom is 0.0695 e. The first-order valence-corrected chi connectivity index (χ1v) is 9.56. The smallest absolute Gasteiger partial charge is 0.0695 e. The standard InChI is InChI=1S/C18H12BrClINS/c1-22-16(11-5-3-2-4-6-11)14(19)18(23)15(21)17(22)12-7-9-13(20)10-8-12/h2-10H,1H3. The van der Waals surface area contributed by atoms with Crippen LogP contribution in [-0.2, 0) is 7.05 Å². The van der Waals surface area contributed by atoms with E-state index in [1.807, 2.05) is 42.5 Å². The zero-order valence-corrected chi connectivity index (χ0v) is 17.5. The highest BCUT2D eigenvalue weighted by molar-refractivity contribution is 14.1. The van der Waals surface area contributed by atoms with Gasteiger partial charge in [-0.05, 0) is 61.8 Å². The van der Waals surface area contributed by atoms with Crippen molar-refractivity contribution in [2.75, 3.05) is 0 Å². The average Bonchev–Trinajstić information content (AvgIpc) is 2.56. The fourth-order valence-corrected chi connectivity index (χ4v) is 4.89. The molecule has 0 atom stereocenters. The summed E-state index contributed by atoms with van der Waals surface area (Å²) in [7, 11) is 2.06. The first kappa shape index (κ1) is 17.1. The molecule has 0 aliphatic heterocycles. The van der Waals surface area contributed by atoms with Crippen molar-refractivity contribution in [3.8, 4) is 22.5 Å². The van der Waals surface area contributed by atoms with Gasteiger partial charge in [0.25, 0.3) is 0 Å². The van der Waals surface area contributed by atoms with Crippen LogP contribution in [0, 0.1) is 8.08 Å². The Morgan fingerprint density at radius 2 is 1.52 bits per heavy atom. The summed E-state index contributed by atoms with van der Waals surface area (Å²) >= 11 is 17.7. The molecule has 23 heavy (non-hydrogen) atoms. The molecule has 116 valence electrons. The van der Waals surface area contributed by atoms with E-state index in [0.29, 0.717) is 0 Å². The quantitative estimate of drug-likeness (QED) is 0.260. The minimum atomic E-state index is 0.727. The second-order valence-electron chi connectivity index (χ2n) is 5.09. The third-order valence-corrected chi connectivity index (χ3v) is 6.76. The summed E-state index contributed by atoms with van der Waals surface area (Å²) in [5, 5.41) is 0.727. The highest BCUT2D eigenvalue weighted by Gasteiger charge is 2.17. The van der Waals surface area contributed by atoms with Gasteiger partial charge < -0.3 is 4.57 Å². The van der Waals surface area contributed by atoms with Crippen LogP contribution in [0.2, 0.25) is 5.02 Å². The van der Waals surface area contributed by atoms with Crippen molar-refractivity contribution in [2.45, 2.75) is 0 Å². The molecule has 1 heterocycles. The van der Waals surface area contributed by atoms with E-state index in [1.165, 1.54) is 0 Å². The summed E-state index contributed by atoms with van der Waals surface area (Å²) in [6, 6.07) is 18.1. The summed E-state index contributed by atoms with van der Waals surface area (Å²) < 4.78 is 5.00. The molecule has 0 N–H and O–H groups in total. The molecular weight excluding hydrogens is 505 g/mol. The van der Waals surface area contributed by atoms with Crippen LogP contribution in [-0.4, -0.2) is 4.57 Å². The Morgan fingerprint density at radius 1 is 0.957 bits per heavy atom. The fourth-order valence-electron chi connectivity index (χ4n) is 2.56. The molecule has 0 saturated carbocycles. The van der Waals surface area contributed by atoms with Crippen molar-refractivity contribution >= 4 is 62.3 Å². The maximum atomic E-state index is 6.03. The Balaban J connectivity index is 2.36. The first-order valence-electron chi connectivity index (χ1n) is 6.90. The van der Waals surface area contributed by atoms with Gasteiger partial charge in [-0.1, -0.05) is 66.3 Å². The summed E-state index contributed by atoms with van der Waals surface area (Å²) in [6.07, 6.45) is 0. The molecule has 3 aromatic rings. The molecule has 0 bridgehead atoms. The highest BCUT2D eigenvalue weighted by Crippen LogP contribution is 2.37. The number of pyridine rings is 1. The number of halogens is 3. The number of benzene rings is 2. The monoisotopic (exact) mass is 515 g/mol. The van der Waals surface area contributed by atoms with Crippen LogP contribution in [0.5, 0.6) is 0 Å². The van der Waals surface area contributed by atoms with E-state index in [4.69, 9.17) is 23.8 Å². The molecule has 0 amide bonds. The molecule has 1 aromatic heterocycles. The molecular formula is C18H12BrClINS. The predicted molar refractivity (Wildman–Crippen MR) is 113 cm³/mol. The van der Waals surface area contributed by atoms with Gasteiger partial charge in [0.05, 0.1) is 23.9 Å². The second-order valence-corrected chi connectivity index (χ2v) is 7.80. The number of hydrogen-bond acceptors (Lipinski definition) is 1. The van der Waals surface area contributed by atoms with Crippen LogP contribution in [0.15, 0.2) is 59.1 Å². The highest BCUT2D eigenvalue weighted by atomic mass is 127. The molecule has 1 nitrogen and oxygen atoms in total. The van der Waals surface area contributed by atoms with E-state index in [9.17, 15) is 0 Å². The Bertz CT molecular complexity index is 920. The van der Waals surface area contributed by atoms with Gasteiger partial charge in [0.2, 0.25) is 0 Å². The summed E-state index contributed by atoms with van der Waals surface area (Å²) in [5.74, 6) is 0. The lowest BCUT2D eigenvalue weighted by Crippen LogP contribution is -2.05. The molecule has 0 aliphatic rings. The Kier molecular flexibility index (Phi) is 5.26. The summed E-state index contributed by atoms with van der Waals surface area (Å²) in [6.45, 7) is 0. The Hall–Kier alpha value is -0.690. The van der Waals surface area contributed by atoms with Crippen molar-refractivity contribution in [3.63, 3.8) is 0 Å². The molecule has 0 spiro atoms. The van der Waals surface area contributed by atoms with Gasteiger partial charge in [-0.15, -0.1) is 0 Å². The van der Waals surface area contributed by atoms with Gasteiger partial charge in [0.15, 0.2) is 0 Å². The van der Waals surface area contributed by atoms with E-state index in [1.54, 1.807) is 0 Å². The SMILES string of the molecule is Cn1c(-c2ccccc2)c(Br)c(=S)c(I)c1-c1ccc(Cl)cc1. The zero-order valence-electron chi connectivity index (χ0n) is 12.2. The Labute approximate surface area is 167 Å². The van der Waals surface area contributed by atoms with Crippen LogP contribution in [0.1, 0.15) is 0 Å². The normalized spacial score (nSPS) is 10.8. The van der Waals surface area contributed by atoms with E-state index in [-0.39, 0.29) is 0 Å². The van der Waals surface area contributed by atoms with Gasteiger partial charge in [-0.25, -0.2) is 0 Å². The average molecular weight is 517 g/mol. The molecule has 3 rings (SSSR count). The number of rotatable bonds is 2. The fraction of sp³-hybridized carbons (Fsp3) is 0.0556. The molecule has 0 unspecified atom stereocenters. The number of nitrogens with zero attached hydrogens (tertiary/aromatic N) is 1. The van der Waals surface area contributed by atoms with Crippen LogP contribution in [0.3, 0.4) is 0 Å². The van der Waals surface area contributed by atoms with E-state index >= 15 is 0 Å². The van der Waals surface area contributed by atoms with Crippen molar-refractivity contribution in [3.05, 3.63) is 72.2 Å². The third-order valence-electron chi connectivity index (χ3n) is 3.65. The maximum absolute atomic E-state index is 6.03. The van der Waals surface area contributed by atoms with Crippen LogP contribution in [0.4, 0.5) is 0 Å². The van der Waals surface area contributed by atoms with Crippen LogP contribution in [0.25, 0.3) is 22.5 Å². The number of aromatic nitrogens is 1. The number of hydrogen-bond donors (Lipinski definition) is 0. The minimum absolute atomic E-state index is 0.727. The molecule has 2 aromatic carbocycles. The van der Waals surface area contributed by atoms with E-state index < -0.39 is 0 Å². The molecule has 0 radical (unpaired) electrons. The summed E-state index contributed by atoms with van der Waals surface area (Å²) in [4.78, 5) is 0. The predicted octanol–water partition coefficient (Wildman–Crippen LogP) is 7.11. The van der Waals surface area contributed by atoms with Crippen molar-refractivity contribution in [1.29, 1.82) is 0 Å². The van der Waals surface area contributed by atoms with Gasteiger partial charge in [0.1, 0.15) is 0 Å². The van der Waals surface area contributed by atoms with E-state index in [0.717, 1.165) is 40.1 Å². The third kappa shape index (κ3) is 3.27. The lowest BCUT2D eigenvalue weighted by atomic mass is 10.1. The molecule has 0 aliphatic carbocycles. The Morgan fingerprint density at radius 3 is 2.13 bits per heavy atom. The molecule has 0 saturated heterocycles. The van der Waals surface area contributed by atoms with Gasteiger partial charge in [-0.2, -0.15) is 0 Å². The van der Waals surface area contributed by atoms with Crippen molar-refractivity contribution < 1.29 is 0 Å². The first-order chi connectivity index (χ1) is 11.0. The molecule has 0 fully saturated rings. The topological polar surface area (TPSA) is 4.93 Å². The zero-order chi connectivity index (χ0) is 16.6. The molecule has 5 heteroatoms. The van der Waals surface area contributed by atoms with E-state index in [2.05, 4.69) is 62.3 Å². The van der Waals surface area contributed by atoms with Crippen LogP contribution < -0.4 is 0 Å². The van der Waals surface area contributed by atoms with Gasteiger partial charge >= 0.3 is 0 Å². The minimum Gasteiger partial charge on any atom is -0.342 e. The van der Waals surface area contributed by atoms with Gasteiger partial charge in [-0.3, -0.25) is 0 Å². The summed E-state index contributed by atoms with van der Waals surface area (Å²) in [5.41, 5.74) is 4.38. The van der Waals surface area contributed by atoms with Gasteiger partial charge in [0, 0.05) is 12.1 Å². The van der Waals surface area contributed by atoms with Crippen LogP contribution >= 0.6 is 62.3 Å². The second kappa shape index (κ2) is 7.05. The van der Waals surface area contributed by atoms with Crippen molar-refractivity contribution in [2.24, 2.45) is 7.05 Å².